The van der Waals surface area contributed by atoms with Crippen molar-refractivity contribution in [2.24, 2.45) is 0 Å². The van der Waals surface area contributed by atoms with Crippen LogP contribution in [-0.2, 0) is 4.74 Å². The van der Waals surface area contributed by atoms with E-state index in [1.54, 1.807) is 29.2 Å². The van der Waals surface area contributed by atoms with Gasteiger partial charge in [0.1, 0.15) is 17.5 Å². The predicted octanol–water partition coefficient (Wildman–Crippen LogP) is 0.364. The zero-order chi connectivity index (χ0) is 15.6. The van der Waals surface area contributed by atoms with Gasteiger partial charge in [-0.3, -0.25) is 0 Å². The molecule has 1 heterocycles. The van der Waals surface area contributed by atoms with Crippen LogP contribution in [0.15, 0.2) is 24.3 Å². The number of ether oxygens (including phenoxy) is 2. The maximum Gasteiger partial charge on any atom is 0.488 e. The fraction of sp³-hybridized carbons (Fsp3) is 0.500. The number of amides is 1. The van der Waals surface area contributed by atoms with Crippen LogP contribution in [-0.4, -0.2) is 53.0 Å². The number of benzene rings is 1. The highest BCUT2D eigenvalue weighted by Gasteiger charge is 2.35. The Hall–Kier alpha value is -1.73. The van der Waals surface area contributed by atoms with Gasteiger partial charge >= 0.3 is 13.2 Å². The Kier molecular flexibility index (Phi) is 4.44. The number of nitrogens with zero attached hydrogens (tertiary/aromatic N) is 1. The van der Waals surface area contributed by atoms with Crippen molar-refractivity contribution in [3.63, 3.8) is 0 Å². The fourth-order valence-corrected chi connectivity index (χ4v) is 1.90. The van der Waals surface area contributed by atoms with Crippen LogP contribution < -0.4 is 10.2 Å². The van der Waals surface area contributed by atoms with E-state index >= 15 is 0 Å². The smallest absolute Gasteiger partial charge is 0.487 e. The van der Waals surface area contributed by atoms with E-state index in [-0.39, 0.29) is 12.2 Å². The molecule has 1 saturated heterocycles. The SMILES string of the molecule is CC(C)(C)OC(=O)N1CC(Oc2ccc(B(O)O)cc2)C1. The predicted molar refractivity (Wildman–Crippen MR) is 78.5 cm³/mol. The third-order valence-corrected chi connectivity index (χ3v) is 2.98. The molecule has 0 atom stereocenters. The first-order valence-corrected chi connectivity index (χ1v) is 6.85. The molecule has 0 unspecified atom stereocenters. The standard InChI is InChI=1S/C14H20BNO5/c1-14(2,3)21-13(17)16-8-12(9-16)20-11-6-4-10(5-7-11)15(18)19/h4-7,12,18-19H,8-9H2,1-3H3. The first-order valence-electron chi connectivity index (χ1n) is 6.85. The molecular formula is C14H20BNO5. The van der Waals surface area contributed by atoms with Crippen molar-refractivity contribution in [2.75, 3.05) is 13.1 Å². The molecule has 1 aromatic carbocycles. The third kappa shape index (κ3) is 4.37. The molecule has 7 heteroatoms. The van der Waals surface area contributed by atoms with Crippen LogP contribution in [0.5, 0.6) is 5.75 Å². The van der Waals surface area contributed by atoms with E-state index in [1.807, 2.05) is 20.8 Å². The lowest BCUT2D eigenvalue weighted by Crippen LogP contribution is -2.57. The van der Waals surface area contributed by atoms with Crippen LogP contribution in [0.25, 0.3) is 0 Å². The molecule has 0 saturated carbocycles. The Morgan fingerprint density at radius 3 is 2.29 bits per heavy atom. The maximum absolute atomic E-state index is 11.8. The third-order valence-electron chi connectivity index (χ3n) is 2.98. The lowest BCUT2D eigenvalue weighted by atomic mass is 9.80. The topological polar surface area (TPSA) is 79.2 Å². The number of carbonyl (C=O) groups excluding carboxylic acids is 1. The molecule has 1 amide bonds. The van der Waals surface area contributed by atoms with Gasteiger partial charge in [-0.2, -0.15) is 0 Å². The highest BCUT2D eigenvalue weighted by molar-refractivity contribution is 6.58. The van der Waals surface area contributed by atoms with Crippen molar-refractivity contribution < 1.29 is 24.3 Å². The molecular weight excluding hydrogens is 273 g/mol. The minimum absolute atomic E-state index is 0.0672. The van der Waals surface area contributed by atoms with Gasteiger partial charge in [0.05, 0.1) is 13.1 Å². The van der Waals surface area contributed by atoms with E-state index in [4.69, 9.17) is 19.5 Å². The van der Waals surface area contributed by atoms with E-state index in [1.165, 1.54) is 0 Å². The Morgan fingerprint density at radius 1 is 1.24 bits per heavy atom. The highest BCUT2D eigenvalue weighted by Crippen LogP contribution is 2.19. The van der Waals surface area contributed by atoms with Gasteiger partial charge in [-0.25, -0.2) is 4.79 Å². The van der Waals surface area contributed by atoms with Gasteiger partial charge in [0.15, 0.2) is 0 Å². The van der Waals surface area contributed by atoms with Crippen molar-refractivity contribution in [2.45, 2.75) is 32.5 Å². The molecule has 0 spiro atoms. The number of rotatable bonds is 3. The van der Waals surface area contributed by atoms with Gasteiger partial charge in [-0.15, -0.1) is 0 Å². The molecule has 2 N–H and O–H groups in total. The molecule has 1 aliphatic rings. The first-order chi connectivity index (χ1) is 9.74. The van der Waals surface area contributed by atoms with Crippen LogP contribution in [0.4, 0.5) is 4.79 Å². The normalized spacial score (nSPS) is 15.4. The van der Waals surface area contributed by atoms with Crippen LogP contribution in [0, 0.1) is 0 Å². The molecule has 1 aliphatic heterocycles. The maximum atomic E-state index is 11.8. The number of carbonyl (C=O) groups is 1. The molecule has 2 rings (SSSR count). The summed E-state index contributed by atoms with van der Waals surface area (Å²) in [5, 5.41) is 18.0. The molecule has 0 radical (unpaired) electrons. The van der Waals surface area contributed by atoms with E-state index < -0.39 is 12.7 Å². The highest BCUT2D eigenvalue weighted by atomic mass is 16.6. The summed E-state index contributed by atoms with van der Waals surface area (Å²) in [6.45, 7) is 6.46. The van der Waals surface area contributed by atoms with Gasteiger partial charge in [0.2, 0.25) is 0 Å². The second-order valence-electron chi connectivity index (χ2n) is 6.07. The van der Waals surface area contributed by atoms with Gasteiger partial charge in [-0.05, 0) is 38.4 Å². The zero-order valence-electron chi connectivity index (χ0n) is 12.4. The van der Waals surface area contributed by atoms with Gasteiger partial charge in [0.25, 0.3) is 0 Å². The van der Waals surface area contributed by atoms with Crippen LogP contribution in [0.3, 0.4) is 0 Å². The summed E-state index contributed by atoms with van der Waals surface area (Å²) in [5.74, 6) is 0.633. The lowest BCUT2D eigenvalue weighted by molar-refractivity contribution is -0.0221. The molecule has 1 aromatic rings. The van der Waals surface area contributed by atoms with E-state index in [0.717, 1.165) is 0 Å². The van der Waals surface area contributed by atoms with Crippen LogP contribution in [0.2, 0.25) is 0 Å². The lowest BCUT2D eigenvalue weighted by Gasteiger charge is -2.39. The van der Waals surface area contributed by atoms with Gasteiger partial charge in [0, 0.05) is 0 Å². The van der Waals surface area contributed by atoms with Gasteiger partial charge < -0.3 is 24.4 Å². The summed E-state index contributed by atoms with van der Waals surface area (Å²) in [6.07, 6.45) is -0.400. The second kappa shape index (κ2) is 5.95. The zero-order valence-corrected chi connectivity index (χ0v) is 12.4. The van der Waals surface area contributed by atoms with Crippen molar-refractivity contribution in [1.29, 1.82) is 0 Å². The molecule has 0 aromatic heterocycles. The molecule has 0 bridgehead atoms. The van der Waals surface area contributed by atoms with E-state index in [0.29, 0.717) is 24.3 Å². The van der Waals surface area contributed by atoms with Crippen molar-refractivity contribution in [3.8, 4) is 5.75 Å². The molecule has 6 nitrogen and oxygen atoms in total. The number of hydrogen-bond donors (Lipinski definition) is 2. The summed E-state index contributed by atoms with van der Waals surface area (Å²) < 4.78 is 10.9. The summed E-state index contributed by atoms with van der Waals surface area (Å²) in [6, 6.07) is 6.52. The summed E-state index contributed by atoms with van der Waals surface area (Å²) in [4.78, 5) is 13.3. The summed E-state index contributed by atoms with van der Waals surface area (Å²) in [5.41, 5.74) is -0.0874. The van der Waals surface area contributed by atoms with E-state index in [2.05, 4.69) is 0 Å². The minimum atomic E-state index is -1.48. The second-order valence-corrected chi connectivity index (χ2v) is 6.07. The van der Waals surface area contributed by atoms with Crippen LogP contribution >= 0.6 is 0 Å². The Balaban J connectivity index is 1.79. The largest absolute Gasteiger partial charge is 0.488 e. The quantitative estimate of drug-likeness (QED) is 0.787. The fourth-order valence-electron chi connectivity index (χ4n) is 1.90. The summed E-state index contributed by atoms with van der Waals surface area (Å²) in [7, 11) is -1.48. The average Bonchev–Trinajstić information content (AvgIpc) is 2.31. The molecule has 114 valence electrons. The van der Waals surface area contributed by atoms with E-state index in [9.17, 15) is 4.79 Å². The van der Waals surface area contributed by atoms with Crippen molar-refractivity contribution >= 4 is 18.7 Å². The molecule has 1 fully saturated rings. The Bertz CT molecular complexity index is 491. The minimum Gasteiger partial charge on any atom is -0.487 e. The number of hydrogen-bond acceptors (Lipinski definition) is 5. The van der Waals surface area contributed by atoms with Crippen molar-refractivity contribution in [3.05, 3.63) is 24.3 Å². The monoisotopic (exact) mass is 293 g/mol. The Morgan fingerprint density at radius 2 is 1.81 bits per heavy atom. The first kappa shape index (κ1) is 15.7. The number of likely N-dealkylation sites (tertiary alicyclic amines) is 1. The average molecular weight is 293 g/mol. The Labute approximate surface area is 124 Å². The van der Waals surface area contributed by atoms with Crippen LogP contribution in [0.1, 0.15) is 20.8 Å². The molecule has 21 heavy (non-hydrogen) atoms. The molecule has 0 aliphatic carbocycles. The summed E-state index contributed by atoms with van der Waals surface area (Å²) >= 11 is 0. The van der Waals surface area contributed by atoms with Crippen molar-refractivity contribution in [1.82, 2.24) is 4.90 Å². The van der Waals surface area contributed by atoms with Gasteiger partial charge in [-0.1, -0.05) is 12.1 Å².